The minimum absolute atomic E-state index is 0.124. The Bertz CT molecular complexity index is 1040. The van der Waals surface area contributed by atoms with Crippen LogP contribution < -0.4 is 5.32 Å². The van der Waals surface area contributed by atoms with Gasteiger partial charge in [0.2, 0.25) is 11.8 Å². The Balaban J connectivity index is 1.29. The molecule has 4 aromatic rings. The molecule has 28 heavy (non-hydrogen) atoms. The molecule has 1 N–H and O–H groups in total. The van der Waals surface area contributed by atoms with E-state index in [1.807, 2.05) is 67.6 Å². The van der Waals surface area contributed by atoms with Crippen molar-refractivity contribution in [3.05, 3.63) is 77.9 Å². The summed E-state index contributed by atoms with van der Waals surface area (Å²) in [6.07, 6.45) is 0.573. The first-order chi connectivity index (χ1) is 13.7. The monoisotopic (exact) mass is 393 g/mol. The van der Waals surface area contributed by atoms with Gasteiger partial charge in [-0.2, -0.15) is 0 Å². The molecule has 1 atom stereocenters. The van der Waals surface area contributed by atoms with E-state index < -0.39 is 0 Å². The minimum Gasteiger partial charge on any atom is -0.459 e. The van der Waals surface area contributed by atoms with Crippen LogP contribution in [0, 0.1) is 0 Å². The van der Waals surface area contributed by atoms with Gasteiger partial charge >= 0.3 is 0 Å². The molecule has 4 rings (SSSR count). The molecule has 1 amide bonds. The number of hydrogen-bond acceptors (Lipinski definition) is 6. The first-order valence-corrected chi connectivity index (χ1v) is 9.93. The second-order valence-corrected chi connectivity index (χ2v) is 7.32. The van der Waals surface area contributed by atoms with Gasteiger partial charge in [-0.3, -0.25) is 4.79 Å². The first kappa shape index (κ1) is 18.3. The fourth-order valence-corrected chi connectivity index (χ4v) is 3.43. The molecular weight excluding hydrogens is 374 g/mol. The summed E-state index contributed by atoms with van der Waals surface area (Å²) in [5.74, 6) is 1.32. The highest BCUT2D eigenvalue weighted by Crippen LogP contribution is 2.24. The Morgan fingerprint density at radius 3 is 2.68 bits per heavy atom. The van der Waals surface area contributed by atoms with Crippen LogP contribution in [0.5, 0.6) is 0 Å². The van der Waals surface area contributed by atoms with E-state index in [0.29, 0.717) is 17.5 Å². The van der Waals surface area contributed by atoms with Crippen LogP contribution in [0.25, 0.3) is 11.0 Å². The number of nitrogens with zero attached hydrogens (tertiary/aromatic N) is 2. The zero-order valence-corrected chi connectivity index (χ0v) is 16.1. The predicted molar refractivity (Wildman–Crippen MR) is 107 cm³/mol. The average molecular weight is 393 g/mol. The van der Waals surface area contributed by atoms with Crippen LogP contribution in [-0.2, 0) is 11.2 Å². The van der Waals surface area contributed by atoms with E-state index >= 15 is 0 Å². The van der Waals surface area contributed by atoms with Crippen LogP contribution in [0.4, 0.5) is 0 Å². The average Bonchev–Trinajstić information content (AvgIpc) is 3.34. The summed E-state index contributed by atoms with van der Waals surface area (Å²) in [4.78, 5) is 12.2. The Morgan fingerprint density at radius 2 is 1.86 bits per heavy atom. The minimum atomic E-state index is -0.225. The van der Waals surface area contributed by atoms with Crippen LogP contribution in [0.15, 0.2) is 74.7 Å². The molecule has 0 aliphatic heterocycles. The van der Waals surface area contributed by atoms with Crippen molar-refractivity contribution in [1.29, 1.82) is 0 Å². The standard InChI is InChI=1S/C21H19N3O3S/c1-14(18-12-16-9-5-6-10-17(16)26-18)22-19(25)13-28-21-24-23-20(27-21)11-15-7-3-2-4-8-15/h2-10,12,14H,11,13H2,1H3,(H,22,25)/t14-/m1/s1. The summed E-state index contributed by atoms with van der Waals surface area (Å²) in [6, 6.07) is 19.4. The SMILES string of the molecule is C[C@@H](NC(=O)CSc1nnc(Cc2ccccc2)o1)c1cc2ccccc2o1. The molecule has 0 fully saturated rings. The molecule has 0 spiro atoms. The first-order valence-electron chi connectivity index (χ1n) is 8.94. The van der Waals surface area contributed by atoms with Gasteiger partial charge in [0.1, 0.15) is 11.3 Å². The van der Waals surface area contributed by atoms with E-state index in [9.17, 15) is 4.79 Å². The lowest BCUT2D eigenvalue weighted by Crippen LogP contribution is -2.27. The van der Waals surface area contributed by atoms with E-state index in [0.717, 1.165) is 22.3 Å². The highest BCUT2D eigenvalue weighted by molar-refractivity contribution is 7.99. The molecule has 0 saturated heterocycles. The molecule has 2 aromatic heterocycles. The summed E-state index contributed by atoms with van der Waals surface area (Å²) in [5.41, 5.74) is 1.91. The number of furan rings is 1. The van der Waals surface area contributed by atoms with Crippen molar-refractivity contribution in [2.24, 2.45) is 0 Å². The Kier molecular flexibility index (Phi) is 5.43. The summed E-state index contributed by atoms with van der Waals surface area (Å²) in [6.45, 7) is 1.89. The molecule has 0 unspecified atom stereocenters. The second-order valence-electron chi connectivity index (χ2n) is 6.39. The Morgan fingerprint density at radius 1 is 1.07 bits per heavy atom. The summed E-state index contributed by atoms with van der Waals surface area (Å²) in [5, 5.41) is 12.4. The zero-order chi connectivity index (χ0) is 19.3. The molecule has 6 nitrogen and oxygen atoms in total. The maximum atomic E-state index is 12.2. The molecule has 0 bridgehead atoms. The van der Waals surface area contributed by atoms with Crippen molar-refractivity contribution < 1.29 is 13.6 Å². The van der Waals surface area contributed by atoms with Crippen LogP contribution in [0.3, 0.4) is 0 Å². The number of fused-ring (bicyclic) bond motifs is 1. The van der Waals surface area contributed by atoms with Gasteiger partial charge in [0.15, 0.2) is 0 Å². The van der Waals surface area contributed by atoms with Crippen molar-refractivity contribution in [1.82, 2.24) is 15.5 Å². The van der Waals surface area contributed by atoms with Gasteiger partial charge < -0.3 is 14.2 Å². The lowest BCUT2D eigenvalue weighted by Gasteiger charge is -2.10. The largest absolute Gasteiger partial charge is 0.459 e. The van der Waals surface area contributed by atoms with E-state index in [2.05, 4.69) is 15.5 Å². The van der Waals surface area contributed by atoms with Crippen LogP contribution >= 0.6 is 11.8 Å². The van der Waals surface area contributed by atoms with Crippen molar-refractivity contribution in [3.8, 4) is 0 Å². The number of aromatic nitrogens is 2. The maximum Gasteiger partial charge on any atom is 0.277 e. The number of thioether (sulfide) groups is 1. The van der Waals surface area contributed by atoms with Gasteiger partial charge in [0, 0.05) is 5.39 Å². The maximum absolute atomic E-state index is 12.2. The zero-order valence-electron chi connectivity index (χ0n) is 15.3. The van der Waals surface area contributed by atoms with Gasteiger partial charge in [-0.1, -0.05) is 60.3 Å². The molecule has 2 heterocycles. The molecule has 0 saturated carbocycles. The third kappa shape index (κ3) is 4.43. The normalized spacial score (nSPS) is 12.2. The Labute approximate surface area is 166 Å². The lowest BCUT2D eigenvalue weighted by molar-refractivity contribution is -0.119. The molecule has 142 valence electrons. The van der Waals surface area contributed by atoms with E-state index in [1.165, 1.54) is 11.8 Å². The number of hydrogen-bond donors (Lipinski definition) is 1. The molecule has 0 radical (unpaired) electrons. The van der Waals surface area contributed by atoms with Gasteiger partial charge in [-0.05, 0) is 24.6 Å². The summed E-state index contributed by atoms with van der Waals surface area (Å²) < 4.78 is 11.4. The number of nitrogens with one attached hydrogen (secondary N) is 1. The molecule has 2 aromatic carbocycles. The second kappa shape index (κ2) is 8.31. The Hall–Kier alpha value is -3.06. The summed E-state index contributed by atoms with van der Waals surface area (Å²) in [7, 11) is 0. The van der Waals surface area contributed by atoms with Gasteiger partial charge in [-0.25, -0.2) is 0 Å². The van der Waals surface area contributed by atoms with Crippen LogP contribution in [-0.4, -0.2) is 21.9 Å². The topological polar surface area (TPSA) is 81.2 Å². The van der Waals surface area contributed by atoms with Gasteiger partial charge in [0.05, 0.1) is 18.2 Å². The van der Waals surface area contributed by atoms with Crippen LogP contribution in [0.2, 0.25) is 0 Å². The number of rotatable bonds is 7. The van der Waals surface area contributed by atoms with E-state index in [-0.39, 0.29) is 17.7 Å². The van der Waals surface area contributed by atoms with Crippen molar-refractivity contribution >= 4 is 28.6 Å². The lowest BCUT2D eigenvalue weighted by atomic mass is 10.2. The molecule has 0 aliphatic rings. The van der Waals surface area contributed by atoms with Gasteiger partial charge in [0.25, 0.3) is 5.22 Å². The van der Waals surface area contributed by atoms with Crippen molar-refractivity contribution in [2.75, 3.05) is 5.75 Å². The van der Waals surface area contributed by atoms with Crippen LogP contribution in [0.1, 0.15) is 30.2 Å². The number of para-hydroxylation sites is 1. The fraction of sp³-hybridized carbons (Fsp3) is 0.190. The summed E-state index contributed by atoms with van der Waals surface area (Å²) >= 11 is 1.22. The fourth-order valence-electron chi connectivity index (χ4n) is 2.84. The number of carbonyl (C=O) groups excluding carboxylic acids is 1. The smallest absolute Gasteiger partial charge is 0.277 e. The van der Waals surface area contributed by atoms with E-state index in [1.54, 1.807) is 0 Å². The van der Waals surface area contributed by atoms with Crippen molar-refractivity contribution in [3.63, 3.8) is 0 Å². The quantitative estimate of drug-likeness (QED) is 0.470. The highest BCUT2D eigenvalue weighted by Gasteiger charge is 2.16. The van der Waals surface area contributed by atoms with Crippen molar-refractivity contribution in [2.45, 2.75) is 24.6 Å². The molecular formula is C21H19N3O3S. The molecule has 0 aliphatic carbocycles. The number of amides is 1. The molecule has 7 heteroatoms. The third-order valence-corrected chi connectivity index (χ3v) is 5.04. The highest BCUT2D eigenvalue weighted by atomic mass is 32.2. The van der Waals surface area contributed by atoms with Gasteiger partial charge in [-0.15, -0.1) is 10.2 Å². The predicted octanol–water partition coefficient (Wildman–Crippen LogP) is 4.38. The number of benzene rings is 2. The number of carbonyl (C=O) groups is 1. The van der Waals surface area contributed by atoms with E-state index in [4.69, 9.17) is 8.83 Å². The third-order valence-electron chi connectivity index (χ3n) is 4.22.